The maximum Gasteiger partial charge on any atom is 0.389 e. The summed E-state index contributed by atoms with van der Waals surface area (Å²) in [5.41, 5.74) is 1.68. The molecule has 1 aromatic carbocycles. The molecule has 0 aliphatic carbocycles. The number of alkyl halides is 3. The maximum absolute atomic E-state index is 12.3. The number of halogens is 3. The van der Waals surface area contributed by atoms with E-state index in [0.717, 1.165) is 10.7 Å². The standard InChI is InChI=1S/C15H16F3N3S2/c16-15(17,18)6-4-11-2-1-3-12(10-11)5-7-19-13(22)21-14-20-8-9-23-14/h1-3,8-10H,4-7H2,(H2,19,20,21,22). The number of nitrogens with zero attached hydrogens (tertiary/aromatic N) is 1. The summed E-state index contributed by atoms with van der Waals surface area (Å²) in [5, 5.41) is 9.05. The Balaban J connectivity index is 1.76. The molecule has 0 fully saturated rings. The molecule has 2 rings (SSSR count). The number of benzene rings is 1. The van der Waals surface area contributed by atoms with Gasteiger partial charge in [0.25, 0.3) is 0 Å². The second-order valence-electron chi connectivity index (χ2n) is 4.90. The van der Waals surface area contributed by atoms with Gasteiger partial charge in [0.1, 0.15) is 0 Å². The van der Waals surface area contributed by atoms with Gasteiger partial charge in [-0.2, -0.15) is 13.2 Å². The van der Waals surface area contributed by atoms with Crippen LogP contribution < -0.4 is 10.6 Å². The molecule has 0 bridgehead atoms. The Morgan fingerprint density at radius 2 is 1.96 bits per heavy atom. The van der Waals surface area contributed by atoms with E-state index in [9.17, 15) is 13.2 Å². The molecule has 0 unspecified atom stereocenters. The summed E-state index contributed by atoms with van der Waals surface area (Å²) < 4.78 is 36.8. The van der Waals surface area contributed by atoms with Gasteiger partial charge in [0, 0.05) is 24.5 Å². The molecule has 3 nitrogen and oxygen atoms in total. The predicted molar refractivity (Wildman–Crippen MR) is 90.9 cm³/mol. The highest BCUT2D eigenvalue weighted by atomic mass is 32.1. The Morgan fingerprint density at radius 1 is 1.22 bits per heavy atom. The largest absolute Gasteiger partial charge is 0.389 e. The van der Waals surface area contributed by atoms with E-state index in [1.54, 1.807) is 18.3 Å². The van der Waals surface area contributed by atoms with E-state index >= 15 is 0 Å². The van der Waals surface area contributed by atoms with E-state index in [1.165, 1.54) is 11.3 Å². The van der Waals surface area contributed by atoms with Crippen molar-refractivity contribution in [2.24, 2.45) is 0 Å². The lowest BCUT2D eigenvalue weighted by Crippen LogP contribution is -2.30. The molecule has 8 heteroatoms. The molecule has 2 aromatic rings. The van der Waals surface area contributed by atoms with Gasteiger partial charge < -0.3 is 10.6 Å². The normalized spacial score (nSPS) is 11.3. The number of hydrogen-bond acceptors (Lipinski definition) is 3. The molecular formula is C15H16F3N3S2. The Hall–Kier alpha value is -1.67. The fourth-order valence-corrected chi connectivity index (χ4v) is 2.77. The van der Waals surface area contributed by atoms with Crippen LogP contribution in [0.25, 0.3) is 0 Å². The molecule has 0 saturated carbocycles. The highest BCUT2D eigenvalue weighted by Crippen LogP contribution is 2.22. The minimum absolute atomic E-state index is 0.00871. The highest BCUT2D eigenvalue weighted by molar-refractivity contribution is 7.80. The lowest BCUT2D eigenvalue weighted by atomic mass is 10.0. The monoisotopic (exact) mass is 359 g/mol. The van der Waals surface area contributed by atoms with Gasteiger partial charge in [0.15, 0.2) is 10.2 Å². The average molecular weight is 359 g/mol. The van der Waals surface area contributed by atoms with Crippen LogP contribution in [0.15, 0.2) is 35.8 Å². The van der Waals surface area contributed by atoms with E-state index in [0.29, 0.717) is 23.6 Å². The molecule has 0 aliphatic rings. The zero-order valence-corrected chi connectivity index (χ0v) is 13.8. The van der Waals surface area contributed by atoms with Crippen LogP contribution in [-0.2, 0) is 12.8 Å². The zero-order valence-electron chi connectivity index (χ0n) is 12.2. The van der Waals surface area contributed by atoms with Gasteiger partial charge in [-0.25, -0.2) is 4.98 Å². The van der Waals surface area contributed by atoms with Crippen LogP contribution in [0.2, 0.25) is 0 Å². The number of hydrogen-bond donors (Lipinski definition) is 2. The number of nitrogens with one attached hydrogen (secondary N) is 2. The zero-order chi connectivity index (χ0) is 16.7. The first-order valence-electron chi connectivity index (χ1n) is 7.01. The van der Waals surface area contributed by atoms with E-state index in [-0.39, 0.29) is 6.42 Å². The molecule has 23 heavy (non-hydrogen) atoms. The van der Waals surface area contributed by atoms with Gasteiger partial charge in [-0.1, -0.05) is 24.3 Å². The number of rotatable bonds is 6. The SMILES string of the molecule is FC(F)(F)CCc1cccc(CCNC(=S)Nc2nccs2)c1. The summed E-state index contributed by atoms with van der Waals surface area (Å²) in [4.78, 5) is 4.06. The van der Waals surface area contributed by atoms with Crippen molar-refractivity contribution in [1.82, 2.24) is 10.3 Å². The summed E-state index contributed by atoms with van der Waals surface area (Å²) in [5.74, 6) is 0. The van der Waals surface area contributed by atoms with E-state index in [4.69, 9.17) is 12.2 Å². The average Bonchev–Trinajstić information content (AvgIpc) is 2.98. The van der Waals surface area contributed by atoms with Crippen LogP contribution in [0.5, 0.6) is 0 Å². The molecule has 0 saturated heterocycles. The third-order valence-electron chi connectivity index (χ3n) is 3.04. The molecule has 0 radical (unpaired) electrons. The molecule has 0 atom stereocenters. The Labute approximate surface area is 141 Å². The van der Waals surface area contributed by atoms with Crippen molar-refractivity contribution in [1.29, 1.82) is 0 Å². The minimum atomic E-state index is -4.12. The van der Waals surface area contributed by atoms with Crippen molar-refractivity contribution in [2.45, 2.75) is 25.4 Å². The first-order chi connectivity index (χ1) is 10.9. The van der Waals surface area contributed by atoms with Crippen molar-refractivity contribution in [3.05, 3.63) is 47.0 Å². The third-order valence-corrected chi connectivity index (χ3v) is 3.98. The van der Waals surface area contributed by atoms with E-state index in [2.05, 4.69) is 15.6 Å². The van der Waals surface area contributed by atoms with Crippen LogP contribution >= 0.6 is 23.6 Å². The fraction of sp³-hybridized carbons (Fsp3) is 0.333. The van der Waals surface area contributed by atoms with Gasteiger partial charge in [-0.3, -0.25) is 0 Å². The number of anilines is 1. The Kier molecular flexibility index (Phi) is 6.35. The first kappa shape index (κ1) is 17.7. The number of aromatic nitrogens is 1. The van der Waals surface area contributed by atoms with Crippen LogP contribution in [0, 0.1) is 0 Å². The molecule has 124 valence electrons. The lowest BCUT2D eigenvalue weighted by Gasteiger charge is -2.10. The summed E-state index contributed by atoms with van der Waals surface area (Å²) in [7, 11) is 0. The van der Waals surface area contributed by atoms with Gasteiger partial charge in [0.2, 0.25) is 0 Å². The first-order valence-corrected chi connectivity index (χ1v) is 8.30. The molecule has 1 aromatic heterocycles. The van der Waals surface area contributed by atoms with Crippen LogP contribution in [0.3, 0.4) is 0 Å². The third kappa shape index (κ3) is 6.96. The van der Waals surface area contributed by atoms with Gasteiger partial charge in [-0.05, 0) is 36.2 Å². The molecule has 0 aliphatic heterocycles. The molecule has 1 heterocycles. The quantitative estimate of drug-likeness (QED) is 0.759. The maximum atomic E-state index is 12.3. The van der Waals surface area contributed by atoms with Crippen molar-refractivity contribution in [2.75, 3.05) is 11.9 Å². The van der Waals surface area contributed by atoms with Crippen molar-refractivity contribution >= 4 is 33.8 Å². The highest BCUT2D eigenvalue weighted by Gasteiger charge is 2.26. The molecule has 0 spiro atoms. The van der Waals surface area contributed by atoms with Crippen LogP contribution in [-0.4, -0.2) is 22.8 Å². The van der Waals surface area contributed by atoms with E-state index in [1.807, 2.05) is 17.5 Å². The molecule has 2 N–H and O–H groups in total. The molecule has 0 amide bonds. The lowest BCUT2D eigenvalue weighted by molar-refractivity contribution is -0.133. The number of aryl methyl sites for hydroxylation is 1. The summed E-state index contributed by atoms with van der Waals surface area (Å²) in [6.07, 6.45) is -2.54. The van der Waals surface area contributed by atoms with Crippen molar-refractivity contribution in [3.8, 4) is 0 Å². The fourth-order valence-electron chi connectivity index (χ4n) is 1.97. The summed E-state index contributed by atoms with van der Waals surface area (Å²) >= 11 is 6.59. The van der Waals surface area contributed by atoms with E-state index < -0.39 is 12.6 Å². The summed E-state index contributed by atoms with van der Waals surface area (Å²) in [6.45, 7) is 0.597. The van der Waals surface area contributed by atoms with Crippen LogP contribution in [0.4, 0.5) is 18.3 Å². The number of thiocarbonyl (C=S) groups is 1. The smallest absolute Gasteiger partial charge is 0.362 e. The van der Waals surface area contributed by atoms with Gasteiger partial charge >= 0.3 is 6.18 Å². The van der Waals surface area contributed by atoms with Gasteiger partial charge in [0.05, 0.1) is 0 Å². The van der Waals surface area contributed by atoms with Crippen molar-refractivity contribution in [3.63, 3.8) is 0 Å². The second kappa shape index (κ2) is 8.26. The predicted octanol–water partition coefficient (Wildman–Crippen LogP) is 4.17. The van der Waals surface area contributed by atoms with Crippen molar-refractivity contribution < 1.29 is 13.2 Å². The van der Waals surface area contributed by atoms with Gasteiger partial charge in [-0.15, -0.1) is 11.3 Å². The number of thiazole rings is 1. The Morgan fingerprint density at radius 3 is 2.61 bits per heavy atom. The minimum Gasteiger partial charge on any atom is -0.362 e. The van der Waals surface area contributed by atoms with Crippen LogP contribution in [0.1, 0.15) is 17.5 Å². The Bertz CT molecular complexity index is 627. The molecular weight excluding hydrogens is 343 g/mol. The topological polar surface area (TPSA) is 37.0 Å². The second-order valence-corrected chi connectivity index (χ2v) is 6.21. The summed E-state index contributed by atoms with van der Waals surface area (Å²) in [6, 6.07) is 7.21.